The number of nitrogens with one attached hydrogen (secondary N) is 1. The maximum absolute atomic E-state index is 12.7. The molecule has 1 unspecified atom stereocenters. The SMILES string of the molecule is O=C(NC(CSC(c1ccccc1)c1ccccc1)C(=O)O)OCC1c2ccccc2-c2ccccc21. The van der Waals surface area contributed by atoms with Crippen molar-refractivity contribution in [1.29, 1.82) is 0 Å². The Morgan fingerprint density at radius 2 is 1.24 bits per heavy atom. The first kappa shape index (κ1) is 24.7. The van der Waals surface area contributed by atoms with E-state index in [2.05, 4.69) is 17.4 Å². The normalized spacial score (nSPS) is 13.0. The summed E-state index contributed by atoms with van der Waals surface area (Å²) >= 11 is 1.48. The van der Waals surface area contributed by atoms with Gasteiger partial charge in [0.2, 0.25) is 0 Å². The number of amides is 1. The first-order chi connectivity index (χ1) is 18.1. The van der Waals surface area contributed by atoms with Crippen molar-refractivity contribution >= 4 is 23.8 Å². The predicted molar refractivity (Wildman–Crippen MR) is 147 cm³/mol. The fourth-order valence-corrected chi connectivity index (χ4v) is 6.10. The van der Waals surface area contributed by atoms with E-state index in [0.717, 1.165) is 33.4 Å². The maximum atomic E-state index is 12.7. The van der Waals surface area contributed by atoms with Gasteiger partial charge in [-0.2, -0.15) is 0 Å². The number of carboxylic acid groups (broad SMARTS) is 1. The third-order valence-corrected chi connectivity index (χ3v) is 7.97. The number of hydrogen-bond donors (Lipinski definition) is 2. The van der Waals surface area contributed by atoms with Gasteiger partial charge in [0.15, 0.2) is 0 Å². The van der Waals surface area contributed by atoms with Gasteiger partial charge in [-0.1, -0.05) is 109 Å². The van der Waals surface area contributed by atoms with Crippen molar-refractivity contribution in [3.05, 3.63) is 131 Å². The summed E-state index contributed by atoms with van der Waals surface area (Å²) in [5.41, 5.74) is 6.64. The molecule has 186 valence electrons. The van der Waals surface area contributed by atoms with Crippen molar-refractivity contribution in [2.45, 2.75) is 17.2 Å². The molecule has 0 spiro atoms. The average molecular weight is 510 g/mol. The Hall–Kier alpha value is -4.03. The Morgan fingerprint density at radius 1 is 0.757 bits per heavy atom. The molecule has 0 heterocycles. The number of carboxylic acids is 1. The monoisotopic (exact) mass is 509 g/mol. The number of aliphatic carboxylic acids is 1. The third kappa shape index (κ3) is 5.54. The van der Waals surface area contributed by atoms with Crippen molar-refractivity contribution in [3.63, 3.8) is 0 Å². The molecule has 2 N–H and O–H groups in total. The zero-order valence-electron chi connectivity index (χ0n) is 20.1. The number of benzene rings is 4. The van der Waals surface area contributed by atoms with E-state index in [4.69, 9.17) is 4.74 Å². The van der Waals surface area contributed by atoms with E-state index >= 15 is 0 Å². The molecule has 0 radical (unpaired) electrons. The molecule has 4 aromatic carbocycles. The van der Waals surface area contributed by atoms with Crippen LogP contribution in [0.3, 0.4) is 0 Å². The van der Waals surface area contributed by atoms with Crippen LogP contribution >= 0.6 is 11.8 Å². The summed E-state index contributed by atoms with van der Waals surface area (Å²) in [5.74, 6) is -0.995. The minimum absolute atomic E-state index is 0.0615. The summed E-state index contributed by atoms with van der Waals surface area (Å²) < 4.78 is 5.57. The molecule has 37 heavy (non-hydrogen) atoms. The largest absolute Gasteiger partial charge is 0.480 e. The highest BCUT2D eigenvalue weighted by atomic mass is 32.2. The van der Waals surface area contributed by atoms with Crippen molar-refractivity contribution < 1.29 is 19.4 Å². The molecule has 5 nitrogen and oxygen atoms in total. The minimum Gasteiger partial charge on any atom is -0.480 e. The molecule has 0 saturated heterocycles. The second-order valence-electron chi connectivity index (χ2n) is 8.90. The van der Waals surface area contributed by atoms with Gasteiger partial charge in [0, 0.05) is 11.7 Å². The van der Waals surface area contributed by atoms with Gasteiger partial charge in [0.1, 0.15) is 12.6 Å². The van der Waals surface area contributed by atoms with Gasteiger partial charge < -0.3 is 15.2 Å². The van der Waals surface area contributed by atoms with Crippen molar-refractivity contribution in [1.82, 2.24) is 5.32 Å². The number of carbonyl (C=O) groups excluding carboxylic acids is 1. The van der Waals surface area contributed by atoms with Crippen LogP contribution in [0.5, 0.6) is 0 Å². The second-order valence-corrected chi connectivity index (χ2v) is 10.0. The molecule has 1 aliphatic carbocycles. The molecule has 0 saturated carbocycles. The van der Waals surface area contributed by atoms with Gasteiger partial charge >= 0.3 is 12.1 Å². The molecule has 0 fully saturated rings. The lowest BCUT2D eigenvalue weighted by molar-refractivity contribution is -0.138. The van der Waals surface area contributed by atoms with Gasteiger partial charge in [-0.25, -0.2) is 9.59 Å². The zero-order valence-corrected chi connectivity index (χ0v) is 20.9. The van der Waals surface area contributed by atoms with Crippen LogP contribution in [0.15, 0.2) is 109 Å². The number of ether oxygens (including phenoxy) is 1. The molecule has 1 aliphatic rings. The molecule has 1 amide bonds. The van der Waals surface area contributed by atoms with Gasteiger partial charge in [-0.3, -0.25) is 0 Å². The summed E-state index contributed by atoms with van der Waals surface area (Å²) in [7, 11) is 0. The number of hydrogen-bond acceptors (Lipinski definition) is 4. The highest BCUT2D eigenvalue weighted by Gasteiger charge is 2.30. The molecule has 1 atom stereocenters. The highest BCUT2D eigenvalue weighted by molar-refractivity contribution is 7.99. The Kier molecular flexibility index (Phi) is 7.57. The Labute approximate surface area is 220 Å². The summed E-state index contributed by atoms with van der Waals surface area (Å²) in [6.45, 7) is 0.135. The first-order valence-corrected chi connectivity index (χ1v) is 13.2. The fraction of sp³-hybridized carbons (Fsp3) is 0.161. The van der Waals surface area contributed by atoms with Crippen LogP contribution in [-0.4, -0.2) is 35.6 Å². The summed E-state index contributed by atoms with van der Waals surface area (Å²) in [6, 6.07) is 35.0. The lowest BCUT2D eigenvalue weighted by Gasteiger charge is -2.21. The van der Waals surface area contributed by atoms with Gasteiger partial charge in [-0.05, 0) is 33.4 Å². The molecular formula is C31H27NO4S. The summed E-state index contributed by atoms with van der Waals surface area (Å²) in [6.07, 6.45) is -0.731. The minimum atomic E-state index is -1.10. The lowest BCUT2D eigenvalue weighted by atomic mass is 9.98. The van der Waals surface area contributed by atoms with E-state index < -0.39 is 18.1 Å². The Bertz CT molecular complexity index is 1290. The molecule has 4 aromatic rings. The second kappa shape index (κ2) is 11.4. The van der Waals surface area contributed by atoms with Crippen molar-refractivity contribution in [2.75, 3.05) is 12.4 Å². The predicted octanol–water partition coefficient (Wildman–Crippen LogP) is 6.50. The van der Waals surface area contributed by atoms with E-state index in [1.165, 1.54) is 11.8 Å². The molecular weight excluding hydrogens is 482 g/mol. The van der Waals surface area contributed by atoms with E-state index in [0.29, 0.717) is 0 Å². The number of thioether (sulfide) groups is 1. The van der Waals surface area contributed by atoms with Gasteiger partial charge in [0.25, 0.3) is 0 Å². The van der Waals surface area contributed by atoms with E-state index in [-0.39, 0.29) is 23.5 Å². The smallest absolute Gasteiger partial charge is 0.407 e. The Morgan fingerprint density at radius 3 is 1.76 bits per heavy atom. The topological polar surface area (TPSA) is 75.6 Å². The van der Waals surface area contributed by atoms with Crippen LogP contribution in [-0.2, 0) is 9.53 Å². The van der Waals surface area contributed by atoms with Crippen LogP contribution in [0.2, 0.25) is 0 Å². The molecule has 6 heteroatoms. The Balaban J connectivity index is 1.24. The van der Waals surface area contributed by atoms with Crippen LogP contribution in [0.25, 0.3) is 11.1 Å². The standard InChI is InChI=1S/C31H27NO4S/c33-30(34)28(20-37-29(21-11-3-1-4-12-21)22-13-5-2-6-14-22)32-31(35)36-19-27-25-17-9-7-15-23(25)24-16-8-10-18-26(24)27/h1-18,27-29H,19-20H2,(H,32,35)(H,33,34). The summed E-state index contributed by atoms with van der Waals surface area (Å²) in [5, 5.41) is 12.3. The highest BCUT2D eigenvalue weighted by Crippen LogP contribution is 2.44. The van der Waals surface area contributed by atoms with Gasteiger partial charge in [-0.15, -0.1) is 11.8 Å². The average Bonchev–Trinajstić information content (AvgIpc) is 3.26. The van der Waals surface area contributed by atoms with Gasteiger partial charge in [0.05, 0.1) is 5.25 Å². The quantitative estimate of drug-likeness (QED) is 0.269. The van der Waals surface area contributed by atoms with Crippen LogP contribution < -0.4 is 5.32 Å². The maximum Gasteiger partial charge on any atom is 0.407 e. The van der Waals surface area contributed by atoms with E-state index in [9.17, 15) is 14.7 Å². The molecule has 0 aromatic heterocycles. The number of alkyl carbamates (subject to hydrolysis) is 1. The number of fused-ring (bicyclic) bond motifs is 3. The van der Waals surface area contributed by atoms with Crippen LogP contribution in [0.1, 0.15) is 33.4 Å². The summed E-state index contributed by atoms with van der Waals surface area (Å²) in [4.78, 5) is 24.7. The first-order valence-electron chi connectivity index (χ1n) is 12.2. The van der Waals surface area contributed by atoms with Crippen LogP contribution in [0.4, 0.5) is 4.79 Å². The van der Waals surface area contributed by atoms with E-state index in [1.54, 1.807) is 0 Å². The number of carbonyl (C=O) groups is 2. The molecule has 5 rings (SSSR count). The van der Waals surface area contributed by atoms with Crippen LogP contribution in [0, 0.1) is 0 Å². The third-order valence-electron chi connectivity index (χ3n) is 6.57. The fourth-order valence-electron chi connectivity index (χ4n) is 4.79. The van der Waals surface area contributed by atoms with Crippen molar-refractivity contribution in [2.24, 2.45) is 0 Å². The molecule has 0 bridgehead atoms. The molecule has 0 aliphatic heterocycles. The zero-order chi connectivity index (χ0) is 25.6. The van der Waals surface area contributed by atoms with E-state index in [1.807, 2.05) is 97.1 Å². The lowest BCUT2D eigenvalue weighted by Crippen LogP contribution is -2.43. The number of rotatable bonds is 9. The van der Waals surface area contributed by atoms with Crippen molar-refractivity contribution in [3.8, 4) is 11.1 Å².